The number of halogens is 1. The summed E-state index contributed by atoms with van der Waals surface area (Å²) in [6.45, 7) is 4.83. The first-order chi connectivity index (χ1) is 9.43. The molecule has 0 fully saturated rings. The number of nitro benzene ring substituents is 1. The van der Waals surface area contributed by atoms with Crippen LogP contribution in [0.25, 0.3) is 0 Å². The number of carbonyl (C=O) groups excluding carboxylic acids is 1. The van der Waals surface area contributed by atoms with E-state index < -0.39 is 10.8 Å². The highest BCUT2D eigenvalue weighted by Crippen LogP contribution is 2.27. The first-order valence-electron chi connectivity index (χ1n) is 6.26. The van der Waals surface area contributed by atoms with Crippen molar-refractivity contribution in [2.24, 2.45) is 0 Å². The van der Waals surface area contributed by atoms with E-state index in [0.717, 1.165) is 0 Å². The molecule has 0 radical (unpaired) electrons. The Morgan fingerprint density at radius 3 is 2.80 bits per heavy atom. The number of ether oxygens (including phenoxy) is 1. The number of benzene rings is 1. The molecule has 0 aliphatic heterocycles. The van der Waals surface area contributed by atoms with E-state index in [1.165, 1.54) is 18.2 Å². The van der Waals surface area contributed by atoms with Crippen molar-refractivity contribution in [3.8, 4) is 0 Å². The van der Waals surface area contributed by atoms with Crippen molar-refractivity contribution in [1.82, 2.24) is 5.32 Å². The summed E-state index contributed by atoms with van der Waals surface area (Å²) in [5, 5.41) is 13.2. The maximum absolute atomic E-state index is 11.9. The predicted molar refractivity (Wildman–Crippen MR) is 76.1 cm³/mol. The maximum atomic E-state index is 11.9. The fourth-order valence-corrected chi connectivity index (χ4v) is 1.81. The van der Waals surface area contributed by atoms with Crippen LogP contribution >= 0.6 is 11.6 Å². The van der Waals surface area contributed by atoms with Gasteiger partial charge in [-0.2, -0.15) is 0 Å². The van der Waals surface area contributed by atoms with Gasteiger partial charge in [-0.05, 0) is 26.3 Å². The Labute approximate surface area is 122 Å². The minimum absolute atomic E-state index is 0.102. The lowest BCUT2D eigenvalue weighted by atomic mass is 10.2. The predicted octanol–water partition coefficient (Wildman–Crippen LogP) is 2.79. The molecule has 0 aromatic heterocycles. The second-order valence-corrected chi connectivity index (χ2v) is 4.80. The molecule has 0 atom stereocenters. The number of hydrogen-bond acceptors (Lipinski definition) is 4. The number of amides is 1. The van der Waals surface area contributed by atoms with Gasteiger partial charge in [-0.25, -0.2) is 0 Å². The van der Waals surface area contributed by atoms with Gasteiger partial charge in [0.1, 0.15) is 5.02 Å². The minimum Gasteiger partial charge on any atom is -0.379 e. The quantitative estimate of drug-likeness (QED) is 0.477. The fraction of sp³-hybridized carbons (Fsp3) is 0.462. The molecule has 0 unspecified atom stereocenters. The van der Waals surface area contributed by atoms with E-state index in [0.29, 0.717) is 19.6 Å². The molecule has 0 aliphatic rings. The Hall–Kier alpha value is -1.66. The maximum Gasteiger partial charge on any atom is 0.288 e. The average Bonchev–Trinajstić information content (AvgIpc) is 2.37. The molecular weight excluding hydrogens is 284 g/mol. The Bertz CT molecular complexity index is 491. The van der Waals surface area contributed by atoms with E-state index >= 15 is 0 Å². The molecule has 7 heteroatoms. The molecular formula is C13H17ClN2O4. The van der Waals surface area contributed by atoms with E-state index in [2.05, 4.69) is 5.32 Å². The molecule has 1 N–H and O–H groups in total. The number of rotatable bonds is 7. The molecule has 0 heterocycles. The second kappa shape index (κ2) is 7.81. The van der Waals surface area contributed by atoms with Gasteiger partial charge in [-0.1, -0.05) is 17.7 Å². The molecule has 0 saturated carbocycles. The van der Waals surface area contributed by atoms with Gasteiger partial charge in [0, 0.05) is 19.2 Å². The summed E-state index contributed by atoms with van der Waals surface area (Å²) in [4.78, 5) is 22.0. The van der Waals surface area contributed by atoms with Crippen LogP contribution in [0.3, 0.4) is 0 Å². The molecule has 20 heavy (non-hydrogen) atoms. The van der Waals surface area contributed by atoms with E-state index in [1.807, 2.05) is 13.8 Å². The lowest BCUT2D eigenvalue weighted by Crippen LogP contribution is -2.26. The van der Waals surface area contributed by atoms with E-state index in [4.69, 9.17) is 16.3 Å². The van der Waals surface area contributed by atoms with Crippen LogP contribution in [0.15, 0.2) is 18.2 Å². The van der Waals surface area contributed by atoms with Crippen LogP contribution in [0.2, 0.25) is 5.02 Å². The largest absolute Gasteiger partial charge is 0.379 e. The van der Waals surface area contributed by atoms with Crippen LogP contribution in [-0.2, 0) is 4.74 Å². The van der Waals surface area contributed by atoms with E-state index in [9.17, 15) is 14.9 Å². The normalized spacial score (nSPS) is 10.6. The highest BCUT2D eigenvalue weighted by Gasteiger charge is 2.19. The Balaban J connectivity index is 2.56. The lowest BCUT2D eigenvalue weighted by molar-refractivity contribution is -0.384. The van der Waals surface area contributed by atoms with Crippen molar-refractivity contribution >= 4 is 23.2 Å². The molecule has 1 amide bonds. The number of nitrogens with one attached hydrogen (secondary N) is 1. The third kappa shape index (κ3) is 4.79. The smallest absolute Gasteiger partial charge is 0.288 e. The summed E-state index contributed by atoms with van der Waals surface area (Å²) in [6, 6.07) is 4.14. The second-order valence-electron chi connectivity index (χ2n) is 4.42. The zero-order valence-corrected chi connectivity index (χ0v) is 12.1. The minimum atomic E-state index is -0.615. The van der Waals surface area contributed by atoms with Crippen LogP contribution in [0.4, 0.5) is 5.69 Å². The molecule has 110 valence electrons. The van der Waals surface area contributed by atoms with Gasteiger partial charge in [0.05, 0.1) is 16.6 Å². The molecule has 0 spiro atoms. The van der Waals surface area contributed by atoms with Crippen molar-refractivity contribution in [2.45, 2.75) is 26.4 Å². The molecule has 0 saturated heterocycles. The van der Waals surface area contributed by atoms with Crippen LogP contribution in [0.5, 0.6) is 0 Å². The van der Waals surface area contributed by atoms with Gasteiger partial charge in [0.2, 0.25) is 0 Å². The zero-order valence-electron chi connectivity index (χ0n) is 11.4. The van der Waals surface area contributed by atoms with Gasteiger partial charge in [-0.15, -0.1) is 0 Å². The number of nitro groups is 1. The Morgan fingerprint density at radius 2 is 2.20 bits per heavy atom. The molecule has 6 nitrogen and oxygen atoms in total. The van der Waals surface area contributed by atoms with Gasteiger partial charge in [-0.3, -0.25) is 14.9 Å². The monoisotopic (exact) mass is 300 g/mol. The van der Waals surface area contributed by atoms with Gasteiger partial charge < -0.3 is 10.1 Å². The zero-order chi connectivity index (χ0) is 15.1. The summed E-state index contributed by atoms with van der Waals surface area (Å²) in [5.74, 6) is -0.428. The van der Waals surface area contributed by atoms with Crippen LogP contribution in [-0.4, -0.2) is 30.1 Å². The van der Waals surface area contributed by atoms with Gasteiger partial charge in [0.15, 0.2) is 0 Å². The topological polar surface area (TPSA) is 81.5 Å². The third-order valence-electron chi connectivity index (χ3n) is 2.48. The Kier molecular flexibility index (Phi) is 6.41. The van der Waals surface area contributed by atoms with Crippen LogP contribution < -0.4 is 5.32 Å². The van der Waals surface area contributed by atoms with Crippen molar-refractivity contribution in [1.29, 1.82) is 0 Å². The molecule has 1 aromatic rings. The summed E-state index contributed by atoms with van der Waals surface area (Å²) < 4.78 is 5.34. The Morgan fingerprint density at radius 1 is 1.50 bits per heavy atom. The third-order valence-corrected chi connectivity index (χ3v) is 2.87. The summed E-state index contributed by atoms with van der Waals surface area (Å²) >= 11 is 5.85. The molecule has 1 rings (SSSR count). The average molecular weight is 301 g/mol. The van der Waals surface area contributed by atoms with Crippen molar-refractivity contribution in [3.05, 3.63) is 38.9 Å². The van der Waals surface area contributed by atoms with Crippen molar-refractivity contribution < 1.29 is 14.5 Å². The lowest BCUT2D eigenvalue weighted by Gasteiger charge is -2.09. The van der Waals surface area contributed by atoms with Crippen LogP contribution in [0, 0.1) is 10.1 Å². The molecule has 0 aliphatic carbocycles. The van der Waals surface area contributed by atoms with Crippen molar-refractivity contribution in [3.63, 3.8) is 0 Å². The number of nitrogens with zero attached hydrogens (tertiary/aromatic N) is 1. The highest BCUT2D eigenvalue weighted by molar-refractivity contribution is 6.35. The number of carbonyl (C=O) groups is 1. The van der Waals surface area contributed by atoms with Gasteiger partial charge >= 0.3 is 0 Å². The fourth-order valence-electron chi connectivity index (χ4n) is 1.52. The van der Waals surface area contributed by atoms with E-state index in [1.54, 1.807) is 0 Å². The summed E-state index contributed by atoms with van der Waals surface area (Å²) in [7, 11) is 0. The SMILES string of the molecule is CC(C)OCCCNC(=O)c1cccc([N+](=O)[O-])c1Cl. The van der Waals surface area contributed by atoms with Crippen molar-refractivity contribution in [2.75, 3.05) is 13.2 Å². The van der Waals surface area contributed by atoms with Gasteiger partial charge in [0.25, 0.3) is 11.6 Å². The molecule has 0 bridgehead atoms. The highest BCUT2D eigenvalue weighted by atomic mass is 35.5. The molecule has 1 aromatic carbocycles. The van der Waals surface area contributed by atoms with Crippen LogP contribution in [0.1, 0.15) is 30.6 Å². The summed E-state index contributed by atoms with van der Waals surface area (Å²) in [5.41, 5.74) is -0.173. The first-order valence-corrected chi connectivity index (χ1v) is 6.64. The first kappa shape index (κ1) is 16.4. The summed E-state index contributed by atoms with van der Waals surface area (Å²) in [6.07, 6.45) is 0.813. The van der Waals surface area contributed by atoms with E-state index in [-0.39, 0.29) is 22.4 Å². The standard InChI is InChI=1S/C13H17ClN2O4/c1-9(2)20-8-4-7-15-13(17)10-5-3-6-11(12(10)14)16(18)19/h3,5-6,9H,4,7-8H2,1-2H3,(H,15,17). The number of hydrogen-bond donors (Lipinski definition) is 1.